The van der Waals surface area contributed by atoms with E-state index in [1.807, 2.05) is 0 Å². The molecule has 5 nitrogen and oxygen atoms in total. The summed E-state index contributed by atoms with van der Waals surface area (Å²) in [4.78, 5) is 16.1. The summed E-state index contributed by atoms with van der Waals surface area (Å²) in [5, 5.41) is 14.8. The number of aliphatic hydroxyl groups is 1. The fraction of sp³-hybridized carbons (Fsp3) is 0.125. The van der Waals surface area contributed by atoms with Gasteiger partial charge in [0.2, 0.25) is 0 Å². The van der Waals surface area contributed by atoms with Gasteiger partial charge in [-0.3, -0.25) is 5.32 Å². The van der Waals surface area contributed by atoms with Crippen molar-refractivity contribution in [1.82, 2.24) is 4.98 Å². The predicted octanol–water partition coefficient (Wildman–Crippen LogP) is 3.96. The van der Waals surface area contributed by atoms with Crippen LogP contribution in [0, 0.1) is 5.82 Å². The zero-order valence-electron chi connectivity index (χ0n) is 13.3. The number of urea groups is 1. The van der Waals surface area contributed by atoms with E-state index in [4.69, 9.17) is 0 Å². The minimum absolute atomic E-state index is 0.154. The van der Waals surface area contributed by atoms with Gasteiger partial charge in [-0.05, 0) is 42.0 Å². The van der Waals surface area contributed by atoms with E-state index in [0.717, 1.165) is 23.5 Å². The van der Waals surface area contributed by atoms with Crippen molar-refractivity contribution in [3.05, 3.63) is 53.8 Å². The first-order chi connectivity index (χ1) is 12.6. The van der Waals surface area contributed by atoms with E-state index in [2.05, 4.69) is 15.6 Å². The molecule has 0 aliphatic rings. The molecule has 0 bridgehead atoms. The van der Waals surface area contributed by atoms with Crippen LogP contribution >= 0.6 is 11.3 Å². The Balaban J connectivity index is 1.78. The molecule has 0 saturated carbocycles. The smallest absolute Gasteiger partial charge is 0.394 e. The average Bonchev–Trinajstić information content (AvgIpc) is 2.97. The molecule has 0 spiro atoms. The lowest BCUT2D eigenvalue weighted by atomic mass is 10.1. The van der Waals surface area contributed by atoms with Gasteiger partial charge >= 0.3 is 12.2 Å². The first-order valence-corrected chi connectivity index (χ1v) is 8.78. The van der Waals surface area contributed by atoms with Gasteiger partial charge in [0.05, 0.1) is 10.2 Å². The zero-order chi connectivity index (χ0) is 19.8. The second kappa shape index (κ2) is 7.09. The highest BCUT2D eigenvalue weighted by atomic mass is 32.1. The van der Waals surface area contributed by atoms with E-state index < -0.39 is 22.5 Å². The summed E-state index contributed by atoms with van der Waals surface area (Å²) in [6.45, 7) is 0. The summed E-state index contributed by atoms with van der Waals surface area (Å²) in [7, 11) is 0. The number of hydrogen-bond donors (Lipinski definition) is 3. The summed E-state index contributed by atoms with van der Waals surface area (Å²) in [6, 6.07) is 8.07. The molecule has 3 N–H and O–H groups in total. The summed E-state index contributed by atoms with van der Waals surface area (Å²) >= 11 is 2.34. The Kier molecular flexibility index (Phi) is 5.14. The summed E-state index contributed by atoms with van der Waals surface area (Å²) in [5.74, 6) is -0.448. The maximum absolute atomic E-state index is 13.0. The van der Waals surface area contributed by atoms with Crippen molar-refractivity contribution in [2.24, 2.45) is 0 Å². The number of nitrogens with one attached hydrogen (secondary N) is 2. The predicted molar refractivity (Wildman–Crippen MR) is 94.4 cm³/mol. The van der Waals surface area contributed by atoms with Crippen LogP contribution in [0.25, 0.3) is 10.2 Å². The fourth-order valence-corrected chi connectivity index (χ4v) is 3.25. The van der Waals surface area contributed by atoms with Gasteiger partial charge in [0.25, 0.3) is 0 Å². The van der Waals surface area contributed by atoms with Gasteiger partial charge < -0.3 is 10.4 Å². The van der Waals surface area contributed by atoms with Gasteiger partial charge in [0.1, 0.15) is 10.3 Å². The molecule has 27 heavy (non-hydrogen) atoms. The molecule has 3 rings (SSSR count). The second-order valence-corrected chi connectivity index (χ2v) is 7.42. The van der Waals surface area contributed by atoms with Crippen molar-refractivity contribution < 1.29 is 27.5 Å². The number of anilines is 2. The molecule has 0 aliphatic carbocycles. The quantitative estimate of drug-likeness (QED) is 0.451. The van der Waals surface area contributed by atoms with Crippen LogP contribution in [0.2, 0.25) is 0 Å². The highest BCUT2D eigenvalue weighted by Crippen LogP contribution is 2.38. The molecule has 2 radical (unpaired) electrons. The normalized spacial score (nSPS) is 14.0. The third-order valence-electron chi connectivity index (χ3n) is 3.58. The molecule has 0 fully saturated rings. The van der Waals surface area contributed by atoms with Crippen LogP contribution in [0.15, 0.2) is 42.5 Å². The third-order valence-corrected chi connectivity index (χ3v) is 5.18. The second-order valence-electron chi connectivity index (χ2n) is 5.55. The Bertz CT molecular complexity index is 989. The number of fused-ring (bicyclic) bond motifs is 1. The number of nitrogens with zero attached hydrogens (tertiary/aromatic N) is 1. The molecule has 3 aromatic rings. The SMILES string of the molecule is O=C(Nc1ccc(F)cc1)Nc1nc2ccc([C@@](O)([Al])C(F)(F)F)cc2s1. The van der Waals surface area contributed by atoms with Crippen molar-refractivity contribution >= 4 is 54.7 Å². The van der Waals surface area contributed by atoms with Crippen LogP contribution < -0.4 is 10.6 Å². The molecule has 2 aromatic carbocycles. The van der Waals surface area contributed by atoms with Crippen LogP contribution in [0.1, 0.15) is 5.56 Å². The van der Waals surface area contributed by atoms with Gasteiger partial charge in [-0.1, -0.05) is 17.4 Å². The fourth-order valence-electron chi connectivity index (χ4n) is 2.17. The number of benzene rings is 2. The lowest BCUT2D eigenvalue weighted by Crippen LogP contribution is -2.42. The van der Waals surface area contributed by atoms with E-state index in [-0.39, 0.29) is 10.7 Å². The van der Waals surface area contributed by atoms with Gasteiger partial charge in [-0.15, -0.1) is 0 Å². The van der Waals surface area contributed by atoms with Gasteiger partial charge in [0, 0.05) is 5.69 Å². The summed E-state index contributed by atoms with van der Waals surface area (Å²) in [5.41, 5.74) is 0.359. The molecular weight excluding hydrogens is 401 g/mol. The highest BCUT2D eigenvalue weighted by molar-refractivity contribution is 7.22. The maximum atomic E-state index is 13.0. The van der Waals surface area contributed by atoms with Crippen LogP contribution in [-0.2, 0) is 4.46 Å². The first-order valence-electron chi connectivity index (χ1n) is 7.39. The Morgan fingerprint density at radius 3 is 2.41 bits per heavy atom. The van der Waals surface area contributed by atoms with Crippen molar-refractivity contribution in [3.8, 4) is 0 Å². The molecule has 0 unspecified atom stereocenters. The molecule has 1 heterocycles. The third kappa shape index (κ3) is 4.22. The monoisotopic (exact) mass is 411 g/mol. The van der Waals surface area contributed by atoms with Crippen molar-refractivity contribution in [2.45, 2.75) is 10.6 Å². The minimum atomic E-state index is -4.87. The first kappa shape index (κ1) is 19.6. The van der Waals surface area contributed by atoms with E-state index in [0.29, 0.717) is 15.9 Å². The van der Waals surface area contributed by atoms with Crippen molar-refractivity contribution in [3.63, 3.8) is 0 Å². The Labute approximate surface area is 162 Å². The van der Waals surface area contributed by atoms with E-state index in [1.165, 1.54) is 46.6 Å². The molecular formula is C16H10AlF4N3O2S. The van der Waals surface area contributed by atoms with Crippen LogP contribution in [-0.4, -0.2) is 38.6 Å². The van der Waals surface area contributed by atoms with Crippen LogP contribution in [0.3, 0.4) is 0 Å². The summed E-state index contributed by atoms with van der Waals surface area (Å²) < 4.78 is 49.0. The molecule has 1 aromatic heterocycles. The lowest BCUT2D eigenvalue weighted by molar-refractivity contribution is -0.229. The topological polar surface area (TPSA) is 74.2 Å². The lowest BCUT2D eigenvalue weighted by Gasteiger charge is -2.28. The number of rotatable bonds is 3. The molecule has 11 heteroatoms. The van der Waals surface area contributed by atoms with Gasteiger partial charge in [0.15, 0.2) is 21.4 Å². The standard InChI is InChI=1S/C16H10F4N3O2S.Al/c17-9-2-4-10(5-3-9)21-14(25)23-15-22-11-6-1-8(7-12(11)26-15)13(24)16(18,19)20;/h1-7,24H,(H2,21,22,23,25);. The van der Waals surface area contributed by atoms with Gasteiger partial charge in [-0.25, -0.2) is 14.2 Å². The largest absolute Gasteiger partial charge is 0.405 e. The Morgan fingerprint density at radius 2 is 1.78 bits per heavy atom. The highest BCUT2D eigenvalue weighted by Gasteiger charge is 2.49. The number of alkyl halides is 3. The number of amides is 2. The zero-order valence-corrected chi connectivity index (χ0v) is 15.3. The minimum Gasteiger partial charge on any atom is -0.394 e. The van der Waals surface area contributed by atoms with Crippen LogP contribution in [0.5, 0.6) is 0 Å². The Hall–Kier alpha value is -2.19. The van der Waals surface area contributed by atoms with E-state index >= 15 is 0 Å². The number of carbonyl (C=O) groups is 1. The Morgan fingerprint density at radius 1 is 1.11 bits per heavy atom. The molecule has 2 amide bonds. The van der Waals surface area contributed by atoms with Crippen molar-refractivity contribution in [1.29, 1.82) is 0 Å². The van der Waals surface area contributed by atoms with Crippen molar-refractivity contribution in [2.75, 3.05) is 10.6 Å². The number of aromatic nitrogens is 1. The number of carbonyl (C=O) groups excluding carboxylic acids is 1. The van der Waals surface area contributed by atoms with Gasteiger partial charge in [-0.2, -0.15) is 13.2 Å². The van der Waals surface area contributed by atoms with Crippen LogP contribution in [0.4, 0.5) is 33.2 Å². The average molecular weight is 411 g/mol. The maximum Gasteiger partial charge on any atom is 0.405 e. The molecule has 0 saturated heterocycles. The molecule has 138 valence electrons. The van der Waals surface area contributed by atoms with E-state index in [1.54, 1.807) is 0 Å². The molecule has 0 aliphatic heterocycles. The number of halogens is 4. The number of thiazole rings is 1. The molecule has 1 atom stereocenters. The summed E-state index contributed by atoms with van der Waals surface area (Å²) in [6.07, 6.45) is -4.87. The number of hydrogen-bond acceptors (Lipinski definition) is 4. The van der Waals surface area contributed by atoms with E-state index in [9.17, 15) is 27.5 Å².